The molecule has 4 heterocycles. The van der Waals surface area contributed by atoms with Crippen molar-refractivity contribution < 1.29 is 45.1 Å². The molecule has 0 unspecified atom stereocenters. The summed E-state index contributed by atoms with van der Waals surface area (Å²) in [6.07, 6.45) is 5.61. The quantitative estimate of drug-likeness (QED) is 0.165. The van der Waals surface area contributed by atoms with Crippen LogP contribution in [0.1, 0.15) is 77.1 Å². The van der Waals surface area contributed by atoms with Crippen LogP contribution in [0.5, 0.6) is 0 Å². The maximum absolute atomic E-state index is 13.5. The number of alkyl carbamates (subject to hydrolysis) is 2. The van der Waals surface area contributed by atoms with Gasteiger partial charge in [-0.05, 0) is 59.8 Å². The van der Waals surface area contributed by atoms with Gasteiger partial charge in [0.1, 0.15) is 23.7 Å². The fraction of sp³-hybridized carbons (Fsp3) is 0.450. The number of halogens is 2. The number of hydrogen-bond acceptors (Lipinski definition) is 8. The van der Waals surface area contributed by atoms with Gasteiger partial charge >= 0.3 is 12.2 Å². The van der Waals surface area contributed by atoms with Gasteiger partial charge < -0.3 is 56.3 Å². The van der Waals surface area contributed by atoms with E-state index in [1.807, 2.05) is 52.0 Å². The number of hydrogen-bond donors (Lipinski definition) is 4. The minimum atomic E-state index is -0.687. The van der Waals surface area contributed by atoms with Crippen LogP contribution in [0.3, 0.4) is 0 Å². The number of ether oxygens (including phenoxy) is 2. The number of aromatic amines is 2. The number of H-pyrrole nitrogens is 2. The number of benzene rings is 2. The second-order valence-corrected chi connectivity index (χ2v) is 14.6. The lowest BCUT2D eigenvalue weighted by Gasteiger charge is -2.30. The third-order valence-electron chi connectivity index (χ3n) is 10.4. The fourth-order valence-electron chi connectivity index (χ4n) is 7.38. The van der Waals surface area contributed by atoms with Gasteiger partial charge in [0, 0.05) is 13.1 Å². The number of aromatic nitrogens is 4. The van der Waals surface area contributed by atoms with E-state index >= 15 is 0 Å². The number of amides is 4. The van der Waals surface area contributed by atoms with Gasteiger partial charge in [-0.15, -0.1) is 24.8 Å². The van der Waals surface area contributed by atoms with Crippen molar-refractivity contribution in [2.75, 3.05) is 27.3 Å². The number of imidazole rings is 2. The molecule has 2 aromatic heterocycles. The van der Waals surface area contributed by atoms with Gasteiger partial charge in [-0.25, -0.2) is 19.6 Å². The average molecular weight is 866 g/mol. The highest BCUT2D eigenvalue weighted by Gasteiger charge is 2.39. The van der Waals surface area contributed by atoms with Gasteiger partial charge in [0.25, 0.3) is 0 Å². The van der Waals surface area contributed by atoms with Gasteiger partial charge in [-0.1, -0.05) is 76.2 Å². The van der Waals surface area contributed by atoms with Crippen molar-refractivity contribution in [3.8, 4) is 33.6 Å². The first-order valence-corrected chi connectivity index (χ1v) is 18.6. The normalized spacial score (nSPS) is 16.6. The zero-order chi connectivity index (χ0) is 38.5. The van der Waals surface area contributed by atoms with E-state index in [0.29, 0.717) is 13.1 Å². The lowest BCUT2D eigenvalue weighted by molar-refractivity contribution is -0.136. The molecule has 4 atom stereocenters. The Morgan fingerprint density at radius 1 is 0.610 bits per heavy atom. The van der Waals surface area contributed by atoms with Crippen molar-refractivity contribution in [2.45, 2.75) is 77.5 Å². The van der Waals surface area contributed by atoms with E-state index < -0.39 is 24.3 Å². The third kappa shape index (κ3) is 11.5. The van der Waals surface area contributed by atoms with Gasteiger partial charge in [0.05, 0.1) is 50.1 Å². The minimum Gasteiger partial charge on any atom is -0.453 e. The molecule has 4 aromatic rings. The first-order valence-electron chi connectivity index (χ1n) is 18.6. The van der Waals surface area contributed by atoms with Crippen molar-refractivity contribution in [1.29, 1.82) is 0 Å². The molecular weight excluding hydrogens is 807 g/mol. The van der Waals surface area contributed by atoms with Gasteiger partial charge in [-0.2, -0.15) is 0 Å². The van der Waals surface area contributed by atoms with E-state index in [-0.39, 0.29) is 77.0 Å². The molecule has 2 aliphatic heterocycles. The Bertz CT molecular complexity index is 1820. The summed E-state index contributed by atoms with van der Waals surface area (Å²) >= 11 is 0. The van der Waals surface area contributed by atoms with Crippen LogP contribution in [0.2, 0.25) is 0 Å². The van der Waals surface area contributed by atoms with Crippen LogP contribution in [0.15, 0.2) is 60.9 Å². The van der Waals surface area contributed by atoms with Crippen LogP contribution in [0, 0.1) is 11.8 Å². The molecule has 0 bridgehead atoms. The summed E-state index contributed by atoms with van der Waals surface area (Å²) in [5.74, 6) is 0.955. The number of nitrogens with zero attached hydrogens (tertiary/aromatic N) is 4. The molecule has 0 aliphatic carbocycles. The lowest BCUT2D eigenvalue weighted by atomic mass is 10.0. The van der Waals surface area contributed by atoms with E-state index in [4.69, 9.17) is 9.47 Å². The molecule has 59 heavy (non-hydrogen) atoms. The number of likely N-dealkylation sites (tertiary alicyclic amines) is 2. The first-order chi connectivity index (χ1) is 26.0. The van der Waals surface area contributed by atoms with Gasteiger partial charge in [0.2, 0.25) is 11.8 Å². The lowest BCUT2D eigenvalue weighted by Crippen LogP contribution is -2.51. The molecule has 19 heteroatoms. The Hall–Kier alpha value is -5.20. The summed E-state index contributed by atoms with van der Waals surface area (Å²) in [7, 11) is 2.58. The Kier molecular flexibility index (Phi) is 20.0. The fourth-order valence-corrected chi connectivity index (χ4v) is 7.38. The Morgan fingerprint density at radius 3 is 1.24 bits per heavy atom. The Balaban J connectivity index is 0.00000348. The van der Waals surface area contributed by atoms with E-state index in [1.165, 1.54) is 14.2 Å². The second-order valence-electron chi connectivity index (χ2n) is 14.6. The molecule has 2 aliphatic rings. The molecule has 0 saturated carbocycles. The number of methoxy groups -OCH3 is 2. The van der Waals surface area contributed by atoms with Crippen molar-refractivity contribution >= 4 is 48.8 Å². The highest BCUT2D eigenvalue weighted by atomic mass is 35.5. The largest absolute Gasteiger partial charge is 0.453 e. The summed E-state index contributed by atoms with van der Waals surface area (Å²) < 4.78 is 9.50. The summed E-state index contributed by atoms with van der Waals surface area (Å²) in [5, 5.41) is 5.38. The molecule has 6 rings (SSSR count). The minimum absolute atomic E-state index is 0. The first kappa shape index (κ1) is 51.8. The van der Waals surface area contributed by atoms with Crippen LogP contribution in [0.25, 0.3) is 33.6 Å². The number of carbonyl (C=O) groups excluding carboxylic acids is 4. The molecule has 0 spiro atoms. The van der Waals surface area contributed by atoms with Crippen molar-refractivity contribution in [3.63, 3.8) is 0 Å². The average Bonchev–Trinajstić information content (AvgIpc) is 4.02. The smallest absolute Gasteiger partial charge is 0.407 e. The molecule has 0 radical (unpaired) electrons. The molecule has 326 valence electrons. The Labute approximate surface area is 356 Å². The zero-order valence-corrected chi connectivity index (χ0v) is 35.7. The number of nitrogens with one attached hydrogen (secondary N) is 4. The molecule has 17 nitrogen and oxygen atoms in total. The van der Waals surface area contributed by atoms with Crippen molar-refractivity contribution in [3.05, 3.63) is 72.6 Å². The maximum Gasteiger partial charge on any atom is 0.407 e. The summed E-state index contributed by atoms with van der Waals surface area (Å²) in [5.41, 5.74) is 5.78. The van der Waals surface area contributed by atoms with Crippen LogP contribution in [-0.2, 0) is 19.1 Å². The van der Waals surface area contributed by atoms with Crippen LogP contribution in [0.4, 0.5) is 9.59 Å². The third-order valence-corrected chi connectivity index (χ3v) is 10.4. The molecule has 2 fully saturated rings. The SMILES string of the molecule is COC(=O)N[C@H](C(=O)N1CCC[C@H]1c1ncc(-c2ccc(-c3ccc(-c4cnc([C@@H]5CCCN5C(=O)[C@@H](NC(=O)OC)C(C)C)[nH]4)cc3)cc2)[nH]1)C(C)C.Cl.Cl.O.O.O. The highest BCUT2D eigenvalue weighted by molar-refractivity contribution is 5.87. The maximum atomic E-state index is 13.5. The Morgan fingerprint density at radius 2 is 0.932 bits per heavy atom. The molecule has 10 N–H and O–H groups in total. The topological polar surface area (TPSA) is 269 Å². The second kappa shape index (κ2) is 22.8. The van der Waals surface area contributed by atoms with Crippen LogP contribution < -0.4 is 10.6 Å². The molecular formula is C40H58Cl2N8O9. The van der Waals surface area contributed by atoms with Gasteiger partial charge in [0.15, 0.2) is 0 Å². The van der Waals surface area contributed by atoms with Crippen LogP contribution >= 0.6 is 24.8 Å². The zero-order valence-electron chi connectivity index (χ0n) is 34.0. The molecule has 2 saturated heterocycles. The highest BCUT2D eigenvalue weighted by Crippen LogP contribution is 2.35. The number of carbonyl (C=O) groups is 4. The van der Waals surface area contributed by atoms with Crippen LogP contribution in [-0.4, -0.2) is 110 Å². The molecule has 4 amide bonds. The predicted molar refractivity (Wildman–Crippen MR) is 228 cm³/mol. The van der Waals surface area contributed by atoms with Gasteiger partial charge in [-0.3, -0.25) is 9.59 Å². The van der Waals surface area contributed by atoms with Crippen molar-refractivity contribution in [1.82, 2.24) is 40.4 Å². The predicted octanol–water partition coefficient (Wildman–Crippen LogP) is 4.59. The van der Waals surface area contributed by atoms with E-state index in [2.05, 4.69) is 54.8 Å². The number of rotatable bonds is 11. The molecule has 2 aromatic carbocycles. The monoisotopic (exact) mass is 864 g/mol. The standard InChI is InChI=1S/C40H50N8O6.2ClH.3H2O/c1-23(2)33(45-39(51)53-5)37(49)47-19-7-9-31(47)35-41-21-29(43-35)27-15-11-25(12-16-27)26-13-17-28(18-14-26)30-22-42-36(44-30)32-10-8-20-48(32)38(50)34(24(3)4)46-40(52)54-6;;;;;/h11-18,21-24,31-34H,7-10,19-20H2,1-6H3,(H,41,43)(H,42,44)(H,45,51)(H,46,52);2*1H;3*1H2/t31-,32-,33-,34-;;;;;/m0...../s1. The van der Waals surface area contributed by atoms with Crippen molar-refractivity contribution in [2.24, 2.45) is 11.8 Å². The summed E-state index contributed by atoms with van der Waals surface area (Å²) in [6.45, 7) is 8.78. The van der Waals surface area contributed by atoms with E-state index in [0.717, 1.165) is 71.0 Å². The summed E-state index contributed by atoms with van der Waals surface area (Å²) in [6, 6.07) is 14.7. The summed E-state index contributed by atoms with van der Waals surface area (Å²) in [4.78, 5) is 70.7. The van der Waals surface area contributed by atoms with E-state index in [9.17, 15) is 19.2 Å². The van der Waals surface area contributed by atoms with E-state index in [1.54, 1.807) is 22.2 Å².